The summed E-state index contributed by atoms with van der Waals surface area (Å²) < 4.78 is 32.9. The number of rotatable bonds is 8. The number of nitrogens with one attached hydrogen (secondary N) is 1. The minimum absolute atomic E-state index is 0.0814. The Balaban J connectivity index is 1.57. The molecule has 0 aliphatic heterocycles. The number of hydrogen-bond donors (Lipinski definition) is 1. The summed E-state index contributed by atoms with van der Waals surface area (Å²) in [6.45, 7) is -0.448. The monoisotopic (exact) mass is 473 g/mol. The first-order chi connectivity index (χ1) is 16.5. The molecule has 0 atom stereocenters. The average Bonchev–Trinajstić information content (AvgIpc) is 2.88. The predicted octanol–water partition coefficient (Wildman–Crippen LogP) is 4.19. The molecule has 0 heterocycles. The lowest BCUT2D eigenvalue weighted by molar-refractivity contribution is -0.119. The third kappa shape index (κ3) is 5.07. The van der Waals surface area contributed by atoms with Gasteiger partial charge in [0.15, 0.2) is 0 Å². The molecule has 1 N–H and O–H groups in total. The predicted molar refractivity (Wildman–Crippen MR) is 134 cm³/mol. The Morgan fingerprint density at radius 2 is 1.59 bits per heavy atom. The van der Waals surface area contributed by atoms with Crippen LogP contribution in [-0.4, -0.2) is 34.2 Å². The summed E-state index contributed by atoms with van der Waals surface area (Å²) in [6, 6.07) is 28.1. The molecular formula is C26H23N3O4S. The molecule has 8 heteroatoms. The van der Waals surface area contributed by atoms with Crippen molar-refractivity contribution >= 4 is 38.6 Å². The van der Waals surface area contributed by atoms with Crippen LogP contribution in [0.25, 0.3) is 10.8 Å². The second kappa shape index (κ2) is 10.2. The lowest BCUT2D eigenvalue weighted by Gasteiger charge is -2.23. The van der Waals surface area contributed by atoms with Crippen molar-refractivity contribution in [3.63, 3.8) is 0 Å². The van der Waals surface area contributed by atoms with Crippen LogP contribution < -0.4 is 14.5 Å². The third-order valence-electron chi connectivity index (χ3n) is 5.20. The minimum atomic E-state index is -3.99. The van der Waals surface area contributed by atoms with Gasteiger partial charge in [0.2, 0.25) is 0 Å². The first-order valence-electron chi connectivity index (χ1n) is 10.5. The van der Waals surface area contributed by atoms with Crippen LogP contribution in [0.2, 0.25) is 0 Å². The number of sulfonamides is 1. The molecule has 0 aliphatic rings. The highest BCUT2D eigenvalue weighted by Crippen LogP contribution is 2.25. The summed E-state index contributed by atoms with van der Waals surface area (Å²) >= 11 is 0. The third-order valence-corrected chi connectivity index (χ3v) is 6.98. The minimum Gasteiger partial charge on any atom is -0.497 e. The molecule has 4 aromatic carbocycles. The van der Waals surface area contributed by atoms with Gasteiger partial charge in [-0.25, -0.2) is 13.8 Å². The Morgan fingerprint density at radius 1 is 0.912 bits per heavy atom. The number of hydrazone groups is 1. The van der Waals surface area contributed by atoms with E-state index in [0.29, 0.717) is 11.4 Å². The molecule has 0 bridgehead atoms. The summed E-state index contributed by atoms with van der Waals surface area (Å²) in [4.78, 5) is 12.8. The van der Waals surface area contributed by atoms with E-state index in [1.165, 1.54) is 19.2 Å². The molecule has 0 unspecified atom stereocenters. The Kier molecular flexibility index (Phi) is 6.89. The molecule has 0 aromatic heterocycles. The van der Waals surface area contributed by atoms with Gasteiger partial charge in [0, 0.05) is 5.56 Å². The maximum Gasteiger partial charge on any atom is 0.264 e. The molecule has 34 heavy (non-hydrogen) atoms. The normalized spacial score (nSPS) is 11.4. The smallest absolute Gasteiger partial charge is 0.264 e. The fourth-order valence-corrected chi connectivity index (χ4v) is 4.93. The van der Waals surface area contributed by atoms with Crippen LogP contribution in [0.15, 0.2) is 107 Å². The Hall–Kier alpha value is -4.17. The Bertz CT molecular complexity index is 1410. The van der Waals surface area contributed by atoms with Gasteiger partial charge in [-0.15, -0.1) is 0 Å². The second-order valence-electron chi connectivity index (χ2n) is 7.38. The topological polar surface area (TPSA) is 88.1 Å². The summed E-state index contributed by atoms with van der Waals surface area (Å²) in [5, 5.41) is 6.10. The molecule has 0 fully saturated rings. The van der Waals surface area contributed by atoms with Crippen molar-refractivity contribution in [1.82, 2.24) is 5.43 Å². The van der Waals surface area contributed by atoms with Crippen molar-refractivity contribution < 1.29 is 17.9 Å². The zero-order valence-corrected chi connectivity index (χ0v) is 19.3. The zero-order valence-electron chi connectivity index (χ0n) is 18.5. The Morgan fingerprint density at radius 3 is 2.32 bits per heavy atom. The van der Waals surface area contributed by atoms with Gasteiger partial charge >= 0.3 is 0 Å². The number of ether oxygens (including phenoxy) is 1. The average molecular weight is 474 g/mol. The number of fused-ring (bicyclic) bond motifs is 1. The number of benzene rings is 4. The van der Waals surface area contributed by atoms with Gasteiger partial charge in [-0.3, -0.25) is 9.10 Å². The van der Waals surface area contributed by atoms with Crippen molar-refractivity contribution in [2.24, 2.45) is 5.10 Å². The number of carbonyl (C=O) groups excluding carboxylic acids is 1. The summed E-state index contributed by atoms with van der Waals surface area (Å²) in [7, 11) is -2.47. The van der Waals surface area contributed by atoms with Crippen molar-refractivity contribution in [3.8, 4) is 5.75 Å². The van der Waals surface area contributed by atoms with Crippen LogP contribution >= 0.6 is 0 Å². The van der Waals surface area contributed by atoms with E-state index in [1.807, 2.05) is 42.5 Å². The summed E-state index contributed by atoms with van der Waals surface area (Å²) in [5.41, 5.74) is 3.61. The number of amides is 1. The van der Waals surface area contributed by atoms with Crippen LogP contribution in [0.5, 0.6) is 5.75 Å². The number of anilines is 1. The standard InChI is InChI=1S/C26H23N3O4S/c1-33-23-16-14-22(15-17-23)29(34(31,32)24-11-3-2-4-12-24)19-26(30)28-27-18-21-10-7-9-20-8-5-6-13-25(20)21/h2-18H,19H2,1H3,(H,28,30). The van der Waals surface area contributed by atoms with Crippen LogP contribution in [0.4, 0.5) is 5.69 Å². The van der Waals surface area contributed by atoms with Crippen molar-refractivity contribution in [2.75, 3.05) is 18.0 Å². The van der Waals surface area contributed by atoms with Gasteiger partial charge in [-0.05, 0) is 47.2 Å². The van der Waals surface area contributed by atoms with E-state index in [0.717, 1.165) is 20.6 Å². The van der Waals surface area contributed by atoms with Crippen molar-refractivity contribution in [1.29, 1.82) is 0 Å². The molecule has 4 rings (SSSR count). The molecule has 0 spiro atoms. The first kappa shape index (κ1) is 23.0. The molecule has 0 saturated carbocycles. The highest BCUT2D eigenvalue weighted by molar-refractivity contribution is 7.92. The SMILES string of the molecule is COc1ccc(N(CC(=O)NN=Cc2cccc3ccccc23)S(=O)(=O)c2ccccc2)cc1. The molecule has 0 aliphatic carbocycles. The summed E-state index contributed by atoms with van der Waals surface area (Å²) in [6.07, 6.45) is 1.55. The van der Waals surface area contributed by atoms with E-state index in [2.05, 4.69) is 10.5 Å². The highest BCUT2D eigenvalue weighted by Gasteiger charge is 2.27. The molecule has 172 valence electrons. The van der Waals surface area contributed by atoms with E-state index in [-0.39, 0.29) is 4.90 Å². The molecule has 4 aromatic rings. The van der Waals surface area contributed by atoms with Crippen molar-refractivity contribution in [3.05, 3.63) is 103 Å². The fourth-order valence-electron chi connectivity index (χ4n) is 3.49. The van der Waals surface area contributed by atoms with Gasteiger partial charge in [0.1, 0.15) is 12.3 Å². The lowest BCUT2D eigenvalue weighted by atomic mass is 10.1. The number of hydrogen-bond acceptors (Lipinski definition) is 5. The van der Waals surface area contributed by atoms with Crippen LogP contribution in [0.1, 0.15) is 5.56 Å². The highest BCUT2D eigenvalue weighted by atomic mass is 32.2. The Labute approximate surface area is 198 Å². The van der Waals surface area contributed by atoms with Gasteiger partial charge in [0.05, 0.1) is 23.9 Å². The maximum atomic E-state index is 13.3. The van der Waals surface area contributed by atoms with Crippen LogP contribution in [0.3, 0.4) is 0 Å². The van der Waals surface area contributed by atoms with E-state index in [4.69, 9.17) is 4.74 Å². The summed E-state index contributed by atoms with van der Waals surface area (Å²) in [5.74, 6) is -0.00300. The van der Waals surface area contributed by atoms with Crippen LogP contribution in [0, 0.1) is 0 Å². The molecule has 1 amide bonds. The first-order valence-corrected chi connectivity index (χ1v) is 11.9. The zero-order chi connectivity index (χ0) is 24.0. The van der Waals surface area contributed by atoms with E-state index in [1.54, 1.807) is 48.7 Å². The largest absolute Gasteiger partial charge is 0.497 e. The van der Waals surface area contributed by atoms with Gasteiger partial charge in [-0.2, -0.15) is 5.10 Å². The van der Waals surface area contributed by atoms with E-state index >= 15 is 0 Å². The molecule has 7 nitrogen and oxygen atoms in total. The maximum absolute atomic E-state index is 13.3. The van der Waals surface area contributed by atoms with Gasteiger partial charge in [-0.1, -0.05) is 60.7 Å². The molecular weight excluding hydrogens is 450 g/mol. The second-order valence-corrected chi connectivity index (χ2v) is 9.25. The quantitative estimate of drug-likeness (QED) is 0.307. The van der Waals surface area contributed by atoms with Crippen molar-refractivity contribution in [2.45, 2.75) is 4.90 Å². The molecule has 0 saturated heterocycles. The fraction of sp³-hybridized carbons (Fsp3) is 0.0769. The van der Waals surface area contributed by atoms with Gasteiger partial charge < -0.3 is 4.74 Å². The number of carbonyl (C=O) groups is 1. The number of methoxy groups -OCH3 is 1. The van der Waals surface area contributed by atoms with E-state index < -0.39 is 22.5 Å². The van der Waals surface area contributed by atoms with Gasteiger partial charge in [0.25, 0.3) is 15.9 Å². The molecule has 0 radical (unpaired) electrons. The van der Waals surface area contributed by atoms with Crippen LogP contribution in [-0.2, 0) is 14.8 Å². The van der Waals surface area contributed by atoms with E-state index in [9.17, 15) is 13.2 Å². The lowest BCUT2D eigenvalue weighted by Crippen LogP contribution is -2.39. The number of nitrogens with zero attached hydrogens (tertiary/aromatic N) is 2.